The summed E-state index contributed by atoms with van der Waals surface area (Å²) in [6, 6.07) is 6.02. The first-order chi connectivity index (χ1) is 13.0. The molecule has 0 saturated heterocycles. The maximum Gasteiger partial charge on any atom is 0.194 e. The van der Waals surface area contributed by atoms with Crippen molar-refractivity contribution in [1.29, 1.82) is 0 Å². The van der Waals surface area contributed by atoms with Crippen LogP contribution in [-0.4, -0.2) is 0 Å². The molecule has 3 rings (SSSR count). The van der Waals surface area contributed by atoms with Gasteiger partial charge in [-0.1, -0.05) is 31.9 Å². The van der Waals surface area contributed by atoms with Crippen molar-refractivity contribution < 1.29 is 22.3 Å². The fraction of sp³-hybridized carbons (Fsp3) is 0.364. The van der Waals surface area contributed by atoms with Crippen molar-refractivity contribution in [2.75, 3.05) is 0 Å². The Hall–Kier alpha value is -2.30. The first-order valence-corrected chi connectivity index (χ1v) is 9.27. The molecule has 0 aliphatic carbocycles. The highest BCUT2D eigenvalue weighted by Crippen LogP contribution is 2.34. The highest BCUT2D eigenvalue weighted by Gasteiger charge is 2.20. The smallest absolute Gasteiger partial charge is 0.194 e. The molecule has 5 heteroatoms. The van der Waals surface area contributed by atoms with Gasteiger partial charge in [0.15, 0.2) is 17.5 Å². The molecule has 27 heavy (non-hydrogen) atoms. The summed E-state index contributed by atoms with van der Waals surface area (Å²) in [5.74, 6) is -4.87. The van der Waals surface area contributed by atoms with Crippen LogP contribution in [0.1, 0.15) is 57.1 Å². The van der Waals surface area contributed by atoms with Crippen LogP contribution >= 0.6 is 0 Å². The van der Waals surface area contributed by atoms with Crippen LogP contribution in [0.3, 0.4) is 0 Å². The fourth-order valence-electron chi connectivity index (χ4n) is 3.33. The Morgan fingerprint density at radius 1 is 0.963 bits per heavy atom. The van der Waals surface area contributed by atoms with Crippen LogP contribution in [0, 0.1) is 23.3 Å². The number of allylic oxidation sites excluding steroid dienone is 1. The predicted octanol–water partition coefficient (Wildman–Crippen LogP) is 7.23. The molecule has 1 nitrogen and oxygen atoms in total. The van der Waals surface area contributed by atoms with Gasteiger partial charge in [0.05, 0.1) is 6.26 Å². The third-order valence-corrected chi connectivity index (χ3v) is 4.89. The quantitative estimate of drug-likeness (QED) is 0.293. The van der Waals surface area contributed by atoms with Crippen LogP contribution in [0.25, 0.3) is 11.1 Å². The minimum Gasteiger partial charge on any atom is -0.493 e. The number of rotatable bonds is 6. The molecule has 1 unspecified atom stereocenters. The lowest BCUT2D eigenvalue weighted by Crippen LogP contribution is -2.08. The van der Waals surface area contributed by atoms with Crippen LogP contribution < -0.4 is 0 Å². The average Bonchev–Trinajstić information content (AvgIpc) is 2.66. The minimum absolute atomic E-state index is 0.0168. The Labute approximate surface area is 156 Å². The molecule has 1 aliphatic rings. The van der Waals surface area contributed by atoms with Gasteiger partial charge in [-0.3, -0.25) is 0 Å². The third-order valence-electron chi connectivity index (χ3n) is 4.89. The molecule has 2 aromatic carbocycles. The molecule has 0 spiro atoms. The van der Waals surface area contributed by atoms with Crippen LogP contribution in [-0.2, 0) is 4.74 Å². The Morgan fingerprint density at radius 2 is 1.70 bits per heavy atom. The molecule has 0 aromatic heterocycles. The SMILES string of the molecule is CCCCCC1=COC(c2ccc(-c3cc(F)c(F)c(F)c3)c(F)c2)CC1. The van der Waals surface area contributed by atoms with Crippen LogP contribution in [0.2, 0.25) is 0 Å². The summed E-state index contributed by atoms with van der Waals surface area (Å²) in [7, 11) is 0. The van der Waals surface area contributed by atoms with E-state index in [1.54, 1.807) is 12.3 Å². The molecule has 1 heterocycles. The molecule has 2 aromatic rings. The van der Waals surface area contributed by atoms with Gasteiger partial charge in [0, 0.05) is 5.56 Å². The Bertz CT molecular complexity index is 821. The van der Waals surface area contributed by atoms with Gasteiger partial charge in [0.25, 0.3) is 0 Å². The standard InChI is InChI=1S/C22H22F4O/c1-2-3-4-5-14-6-9-21(27-13-14)15-7-8-17(18(23)10-15)16-11-19(24)22(26)20(25)12-16/h7-8,10-13,21H,2-6,9H2,1H3. The maximum atomic E-state index is 14.5. The number of hydrogen-bond donors (Lipinski definition) is 0. The van der Waals surface area contributed by atoms with E-state index in [1.165, 1.54) is 30.5 Å². The zero-order chi connectivity index (χ0) is 19.4. The number of benzene rings is 2. The van der Waals surface area contributed by atoms with Gasteiger partial charge >= 0.3 is 0 Å². The summed E-state index contributed by atoms with van der Waals surface area (Å²) in [5, 5.41) is 0. The Kier molecular flexibility index (Phi) is 6.19. The van der Waals surface area contributed by atoms with Crippen molar-refractivity contribution in [2.24, 2.45) is 0 Å². The normalized spacial score (nSPS) is 16.8. The number of hydrogen-bond acceptors (Lipinski definition) is 1. The Balaban J connectivity index is 1.74. The molecule has 0 N–H and O–H groups in total. The van der Waals surface area contributed by atoms with Crippen LogP contribution in [0.4, 0.5) is 17.6 Å². The molecule has 0 fully saturated rings. The van der Waals surface area contributed by atoms with Gasteiger partial charge in [-0.05, 0) is 60.6 Å². The molecule has 144 valence electrons. The summed E-state index contributed by atoms with van der Waals surface area (Å²) in [5.41, 5.74) is 1.92. The van der Waals surface area contributed by atoms with Crippen molar-refractivity contribution in [3.63, 3.8) is 0 Å². The first-order valence-electron chi connectivity index (χ1n) is 9.27. The highest BCUT2D eigenvalue weighted by molar-refractivity contribution is 5.64. The van der Waals surface area contributed by atoms with Crippen LogP contribution in [0.5, 0.6) is 0 Å². The van der Waals surface area contributed by atoms with Crippen molar-refractivity contribution in [3.8, 4) is 11.1 Å². The van der Waals surface area contributed by atoms with E-state index in [1.807, 2.05) is 0 Å². The molecule has 0 saturated carbocycles. The van der Waals surface area contributed by atoms with E-state index in [-0.39, 0.29) is 17.2 Å². The zero-order valence-electron chi connectivity index (χ0n) is 15.2. The molecule has 0 amide bonds. The van der Waals surface area contributed by atoms with Gasteiger partial charge in [-0.25, -0.2) is 17.6 Å². The zero-order valence-corrected chi connectivity index (χ0v) is 15.2. The van der Waals surface area contributed by atoms with E-state index < -0.39 is 23.3 Å². The van der Waals surface area contributed by atoms with Gasteiger partial charge in [-0.15, -0.1) is 0 Å². The summed E-state index contributed by atoms with van der Waals surface area (Å²) < 4.78 is 60.2. The number of unbranched alkanes of at least 4 members (excludes halogenated alkanes) is 2. The fourth-order valence-corrected chi connectivity index (χ4v) is 3.33. The number of halogens is 4. The molecule has 1 atom stereocenters. The lowest BCUT2D eigenvalue weighted by atomic mass is 9.95. The van der Waals surface area contributed by atoms with E-state index in [2.05, 4.69) is 6.92 Å². The first kappa shape index (κ1) is 19.5. The van der Waals surface area contributed by atoms with Gasteiger partial charge in [0.2, 0.25) is 0 Å². The van der Waals surface area contributed by atoms with Crippen LogP contribution in [0.15, 0.2) is 42.2 Å². The summed E-state index contributed by atoms with van der Waals surface area (Å²) in [6.45, 7) is 2.16. The molecular weight excluding hydrogens is 356 g/mol. The minimum atomic E-state index is -1.56. The second-order valence-corrected chi connectivity index (χ2v) is 6.89. The van der Waals surface area contributed by atoms with E-state index in [4.69, 9.17) is 4.74 Å². The monoisotopic (exact) mass is 378 g/mol. The van der Waals surface area contributed by atoms with Gasteiger partial charge in [-0.2, -0.15) is 0 Å². The van der Waals surface area contributed by atoms with Gasteiger partial charge < -0.3 is 4.74 Å². The second-order valence-electron chi connectivity index (χ2n) is 6.89. The van der Waals surface area contributed by atoms with E-state index in [9.17, 15) is 17.6 Å². The predicted molar refractivity (Wildman–Crippen MR) is 97.0 cm³/mol. The Morgan fingerprint density at radius 3 is 2.30 bits per heavy atom. The third kappa shape index (κ3) is 4.52. The van der Waals surface area contributed by atoms with Crippen molar-refractivity contribution in [3.05, 3.63) is 71.0 Å². The highest BCUT2D eigenvalue weighted by atomic mass is 19.2. The van der Waals surface area contributed by atoms with E-state index in [0.29, 0.717) is 5.56 Å². The summed E-state index contributed by atoms with van der Waals surface area (Å²) in [6.07, 6.45) is 7.73. The summed E-state index contributed by atoms with van der Waals surface area (Å²) >= 11 is 0. The molecule has 0 bridgehead atoms. The lowest BCUT2D eigenvalue weighted by molar-refractivity contribution is 0.119. The average molecular weight is 378 g/mol. The van der Waals surface area contributed by atoms with Crippen molar-refractivity contribution >= 4 is 0 Å². The van der Waals surface area contributed by atoms with E-state index >= 15 is 0 Å². The maximum absolute atomic E-state index is 14.5. The second kappa shape index (κ2) is 8.59. The summed E-state index contributed by atoms with van der Waals surface area (Å²) in [4.78, 5) is 0. The van der Waals surface area contributed by atoms with Gasteiger partial charge in [0.1, 0.15) is 11.9 Å². The van der Waals surface area contributed by atoms with Crippen molar-refractivity contribution in [1.82, 2.24) is 0 Å². The molecule has 0 radical (unpaired) electrons. The van der Waals surface area contributed by atoms with Crippen molar-refractivity contribution in [2.45, 2.75) is 51.6 Å². The number of ether oxygens (including phenoxy) is 1. The lowest BCUT2D eigenvalue weighted by Gasteiger charge is -2.24. The van der Waals surface area contributed by atoms with E-state index in [0.717, 1.165) is 37.8 Å². The topological polar surface area (TPSA) is 9.23 Å². The molecular formula is C22H22F4O. The largest absolute Gasteiger partial charge is 0.493 e. The molecule has 1 aliphatic heterocycles.